The van der Waals surface area contributed by atoms with Crippen molar-refractivity contribution in [3.05, 3.63) is 11.4 Å². The van der Waals surface area contributed by atoms with Gasteiger partial charge in [-0.2, -0.15) is 0 Å². The molecule has 0 amide bonds. The van der Waals surface area contributed by atoms with E-state index in [1.54, 1.807) is 11.8 Å². The van der Waals surface area contributed by atoms with E-state index in [4.69, 9.17) is 5.73 Å². The second-order valence-corrected chi connectivity index (χ2v) is 6.12. The van der Waals surface area contributed by atoms with Gasteiger partial charge in [0.25, 0.3) is 0 Å². The van der Waals surface area contributed by atoms with Crippen molar-refractivity contribution in [2.24, 2.45) is 0 Å². The van der Waals surface area contributed by atoms with E-state index in [-0.39, 0.29) is 4.75 Å². The minimum absolute atomic E-state index is 0.151. The van der Waals surface area contributed by atoms with E-state index >= 15 is 0 Å². The molecule has 0 aliphatic carbocycles. The van der Waals surface area contributed by atoms with Crippen molar-refractivity contribution in [2.45, 2.75) is 44.4 Å². The molecule has 0 spiro atoms. The molecule has 0 fully saturated rings. The van der Waals surface area contributed by atoms with Crippen molar-refractivity contribution in [1.82, 2.24) is 9.97 Å². The van der Waals surface area contributed by atoms with Crippen LogP contribution in [-0.4, -0.2) is 14.7 Å². The largest absolute Gasteiger partial charge is 0.383 e. The number of nitrogens with zero attached hydrogens (tertiary/aromatic N) is 2. The van der Waals surface area contributed by atoms with Crippen molar-refractivity contribution in [2.75, 3.05) is 5.73 Å². The lowest BCUT2D eigenvalue weighted by molar-refractivity contribution is 0.795. The molecule has 1 aromatic rings. The summed E-state index contributed by atoms with van der Waals surface area (Å²) in [6.45, 7) is 10.3. The van der Waals surface area contributed by atoms with Crippen molar-refractivity contribution in [3.8, 4) is 0 Å². The Hall–Kier alpha value is -0.770. The summed E-state index contributed by atoms with van der Waals surface area (Å²) in [7, 11) is 0. The molecule has 78 valence electrons. The number of nitrogens with two attached hydrogens (primary N) is 1. The van der Waals surface area contributed by atoms with Gasteiger partial charge in [-0.25, -0.2) is 9.97 Å². The number of hydrogen-bond acceptors (Lipinski definition) is 4. The average molecular weight is 211 g/mol. The van der Waals surface area contributed by atoms with Crippen LogP contribution in [-0.2, 0) is 0 Å². The molecule has 4 heteroatoms. The highest BCUT2D eigenvalue weighted by atomic mass is 32.2. The smallest absolute Gasteiger partial charge is 0.131 e. The summed E-state index contributed by atoms with van der Waals surface area (Å²) in [4.78, 5) is 8.51. The van der Waals surface area contributed by atoms with E-state index in [1.807, 2.05) is 13.8 Å². The molecule has 1 heterocycles. The molecule has 0 saturated heterocycles. The summed E-state index contributed by atoms with van der Waals surface area (Å²) in [5, 5.41) is 0.988. The molecule has 14 heavy (non-hydrogen) atoms. The van der Waals surface area contributed by atoms with Gasteiger partial charge in [-0.1, -0.05) is 20.8 Å². The summed E-state index contributed by atoms with van der Waals surface area (Å²) >= 11 is 1.72. The first-order valence-corrected chi connectivity index (χ1v) is 5.41. The van der Waals surface area contributed by atoms with Crippen LogP contribution in [0.5, 0.6) is 0 Å². The third kappa shape index (κ3) is 2.87. The van der Waals surface area contributed by atoms with Gasteiger partial charge in [0.05, 0.1) is 0 Å². The van der Waals surface area contributed by atoms with E-state index in [0.717, 1.165) is 16.4 Å². The third-order valence-corrected chi connectivity index (χ3v) is 2.86. The van der Waals surface area contributed by atoms with Gasteiger partial charge in [0.1, 0.15) is 16.7 Å². The monoisotopic (exact) mass is 211 g/mol. The number of aromatic nitrogens is 2. The fourth-order valence-corrected chi connectivity index (χ4v) is 2.03. The highest BCUT2D eigenvalue weighted by Crippen LogP contribution is 2.33. The Bertz CT molecular complexity index is 342. The second-order valence-electron chi connectivity index (χ2n) is 4.30. The van der Waals surface area contributed by atoms with Gasteiger partial charge in [0.2, 0.25) is 0 Å². The Kier molecular flexibility index (Phi) is 3.04. The van der Waals surface area contributed by atoms with Crippen LogP contribution in [0.2, 0.25) is 0 Å². The van der Waals surface area contributed by atoms with Crippen molar-refractivity contribution in [3.63, 3.8) is 0 Å². The molecule has 2 N–H and O–H groups in total. The van der Waals surface area contributed by atoms with E-state index in [1.165, 1.54) is 0 Å². The predicted octanol–water partition coefficient (Wildman–Crippen LogP) is 2.57. The van der Waals surface area contributed by atoms with Crippen LogP contribution in [0.3, 0.4) is 0 Å². The summed E-state index contributed by atoms with van der Waals surface area (Å²) in [5.74, 6) is 1.32. The minimum Gasteiger partial charge on any atom is -0.383 e. The highest BCUT2D eigenvalue weighted by molar-refractivity contribution is 8.00. The minimum atomic E-state index is 0.151. The Morgan fingerprint density at radius 1 is 1.14 bits per heavy atom. The quantitative estimate of drug-likeness (QED) is 0.573. The van der Waals surface area contributed by atoms with Crippen molar-refractivity contribution >= 4 is 17.6 Å². The molecular weight excluding hydrogens is 194 g/mol. The third-order valence-electron chi connectivity index (χ3n) is 1.65. The zero-order valence-corrected chi connectivity index (χ0v) is 10.2. The predicted molar refractivity (Wildman–Crippen MR) is 61.5 cm³/mol. The van der Waals surface area contributed by atoms with E-state index in [0.29, 0.717) is 5.82 Å². The number of rotatable bonds is 1. The summed E-state index contributed by atoms with van der Waals surface area (Å²) < 4.78 is 0.151. The standard InChI is InChI=1S/C10H17N3S/c1-6-8(11)12-7(2)13-9(6)14-10(3,4)5/h1-5H3,(H2,11,12,13). The molecule has 0 bridgehead atoms. The maximum Gasteiger partial charge on any atom is 0.131 e. The number of thioether (sulfide) groups is 1. The Morgan fingerprint density at radius 3 is 2.21 bits per heavy atom. The van der Waals surface area contributed by atoms with Gasteiger partial charge in [0.15, 0.2) is 0 Å². The van der Waals surface area contributed by atoms with Crippen LogP contribution in [0.15, 0.2) is 5.03 Å². The van der Waals surface area contributed by atoms with Crippen molar-refractivity contribution < 1.29 is 0 Å². The fourth-order valence-electron chi connectivity index (χ4n) is 1.01. The van der Waals surface area contributed by atoms with Gasteiger partial charge in [-0.3, -0.25) is 0 Å². The second kappa shape index (κ2) is 3.77. The van der Waals surface area contributed by atoms with Gasteiger partial charge < -0.3 is 5.73 Å². The molecule has 0 unspecified atom stereocenters. The fraction of sp³-hybridized carbons (Fsp3) is 0.600. The molecule has 0 aliphatic heterocycles. The van der Waals surface area contributed by atoms with Crippen LogP contribution in [0.1, 0.15) is 32.2 Å². The van der Waals surface area contributed by atoms with Gasteiger partial charge in [-0.05, 0) is 13.8 Å². The number of anilines is 1. The van der Waals surface area contributed by atoms with Gasteiger partial charge in [-0.15, -0.1) is 11.8 Å². The SMILES string of the molecule is Cc1nc(N)c(C)c(SC(C)(C)C)n1. The first kappa shape index (κ1) is 11.3. The number of hydrogen-bond donors (Lipinski definition) is 1. The molecule has 0 saturated carbocycles. The number of nitrogen functional groups attached to an aromatic ring is 1. The number of aryl methyl sites for hydroxylation is 1. The van der Waals surface area contributed by atoms with Gasteiger partial charge in [0, 0.05) is 10.3 Å². The zero-order valence-electron chi connectivity index (χ0n) is 9.38. The molecule has 0 radical (unpaired) electrons. The van der Waals surface area contributed by atoms with E-state index in [2.05, 4.69) is 30.7 Å². The molecule has 1 rings (SSSR count). The molecular formula is C10H17N3S. The van der Waals surface area contributed by atoms with E-state index < -0.39 is 0 Å². The maximum atomic E-state index is 5.78. The normalized spacial score (nSPS) is 11.8. The molecule has 3 nitrogen and oxygen atoms in total. The van der Waals surface area contributed by atoms with E-state index in [9.17, 15) is 0 Å². The van der Waals surface area contributed by atoms with Crippen LogP contribution >= 0.6 is 11.8 Å². The lowest BCUT2D eigenvalue weighted by atomic mass is 10.3. The van der Waals surface area contributed by atoms with Crippen LogP contribution in [0.25, 0.3) is 0 Å². The molecule has 0 aromatic carbocycles. The van der Waals surface area contributed by atoms with Crippen LogP contribution in [0, 0.1) is 13.8 Å². The van der Waals surface area contributed by atoms with Crippen LogP contribution < -0.4 is 5.73 Å². The Balaban J connectivity index is 3.09. The summed E-state index contributed by atoms with van der Waals surface area (Å²) in [5.41, 5.74) is 6.76. The Labute approximate surface area is 89.5 Å². The summed E-state index contributed by atoms with van der Waals surface area (Å²) in [6, 6.07) is 0. The lowest BCUT2D eigenvalue weighted by Crippen LogP contribution is -2.10. The first-order valence-electron chi connectivity index (χ1n) is 4.59. The molecule has 0 aliphatic rings. The average Bonchev–Trinajstić information content (AvgIpc) is 1.96. The van der Waals surface area contributed by atoms with Crippen LogP contribution in [0.4, 0.5) is 5.82 Å². The summed E-state index contributed by atoms with van der Waals surface area (Å²) in [6.07, 6.45) is 0. The molecule has 1 aromatic heterocycles. The van der Waals surface area contributed by atoms with Crippen molar-refractivity contribution in [1.29, 1.82) is 0 Å². The Morgan fingerprint density at radius 2 is 1.71 bits per heavy atom. The maximum absolute atomic E-state index is 5.78. The zero-order chi connectivity index (χ0) is 10.9. The topological polar surface area (TPSA) is 51.8 Å². The lowest BCUT2D eigenvalue weighted by Gasteiger charge is -2.18. The molecule has 0 atom stereocenters. The van der Waals surface area contributed by atoms with Gasteiger partial charge >= 0.3 is 0 Å². The highest BCUT2D eigenvalue weighted by Gasteiger charge is 2.16. The first-order chi connectivity index (χ1) is 6.29.